The maximum atomic E-state index is 9.45. The Balaban J connectivity index is 2.00. The van der Waals surface area contributed by atoms with Crippen molar-refractivity contribution < 1.29 is 5.11 Å². The minimum atomic E-state index is -0.00767. The van der Waals surface area contributed by atoms with Crippen molar-refractivity contribution in [3.8, 4) is 0 Å². The van der Waals surface area contributed by atoms with E-state index in [1.165, 1.54) is 11.1 Å². The van der Waals surface area contributed by atoms with Gasteiger partial charge in [0.1, 0.15) is 0 Å². The van der Waals surface area contributed by atoms with Crippen LogP contribution < -0.4 is 5.32 Å². The van der Waals surface area contributed by atoms with Crippen LogP contribution >= 0.6 is 0 Å². The second-order valence-corrected chi connectivity index (χ2v) is 4.52. The number of aliphatic hydroxyl groups is 1. The van der Waals surface area contributed by atoms with E-state index in [2.05, 4.69) is 36.5 Å². The van der Waals surface area contributed by atoms with Crippen LogP contribution in [0.15, 0.2) is 54.6 Å². The molecule has 0 bridgehead atoms. The standard InChI is InChI=1S/C16H19NO/c1-13-6-5-7-14(10-13)11-17-16(12-18)15-8-3-2-4-9-15/h2-10,16-18H,11-12H2,1H3. The number of hydrogen-bond donors (Lipinski definition) is 2. The monoisotopic (exact) mass is 241 g/mol. The highest BCUT2D eigenvalue weighted by molar-refractivity contribution is 5.23. The molecule has 2 aromatic rings. The summed E-state index contributed by atoms with van der Waals surface area (Å²) in [6.07, 6.45) is 0. The number of hydrogen-bond acceptors (Lipinski definition) is 2. The molecule has 2 aromatic carbocycles. The van der Waals surface area contributed by atoms with Crippen LogP contribution in [0.5, 0.6) is 0 Å². The Labute approximate surface area is 108 Å². The Morgan fingerprint density at radius 2 is 1.83 bits per heavy atom. The van der Waals surface area contributed by atoms with Gasteiger partial charge in [-0.05, 0) is 18.1 Å². The molecule has 0 aromatic heterocycles. The summed E-state index contributed by atoms with van der Waals surface area (Å²) in [5.74, 6) is 0. The molecule has 2 N–H and O–H groups in total. The van der Waals surface area contributed by atoms with Crippen molar-refractivity contribution in [3.05, 3.63) is 71.3 Å². The molecule has 94 valence electrons. The Kier molecular flexibility index (Phi) is 4.51. The van der Waals surface area contributed by atoms with E-state index in [1.807, 2.05) is 30.3 Å². The molecular weight excluding hydrogens is 222 g/mol. The summed E-state index contributed by atoms with van der Waals surface area (Å²) in [7, 11) is 0. The SMILES string of the molecule is Cc1cccc(CNC(CO)c2ccccc2)c1. The molecule has 1 atom stereocenters. The third-order valence-electron chi connectivity index (χ3n) is 3.02. The van der Waals surface area contributed by atoms with E-state index in [4.69, 9.17) is 0 Å². The van der Waals surface area contributed by atoms with Crippen LogP contribution in [-0.4, -0.2) is 11.7 Å². The lowest BCUT2D eigenvalue weighted by Gasteiger charge is -2.16. The summed E-state index contributed by atoms with van der Waals surface area (Å²) < 4.78 is 0. The summed E-state index contributed by atoms with van der Waals surface area (Å²) in [4.78, 5) is 0. The van der Waals surface area contributed by atoms with E-state index < -0.39 is 0 Å². The van der Waals surface area contributed by atoms with Gasteiger partial charge in [0.25, 0.3) is 0 Å². The van der Waals surface area contributed by atoms with Crippen LogP contribution in [0.1, 0.15) is 22.7 Å². The zero-order chi connectivity index (χ0) is 12.8. The summed E-state index contributed by atoms with van der Waals surface area (Å²) in [6, 6.07) is 18.4. The molecule has 0 saturated heterocycles. The zero-order valence-electron chi connectivity index (χ0n) is 10.6. The quantitative estimate of drug-likeness (QED) is 0.843. The van der Waals surface area contributed by atoms with Crippen molar-refractivity contribution >= 4 is 0 Å². The number of aliphatic hydroxyl groups excluding tert-OH is 1. The average molecular weight is 241 g/mol. The molecule has 2 nitrogen and oxygen atoms in total. The van der Waals surface area contributed by atoms with Gasteiger partial charge in [-0.1, -0.05) is 60.2 Å². The van der Waals surface area contributed by atoms with E-state index >= 15 is 0 Å². The summed E-state index contributed by atoms with van der Waals surface area (Å²) in [5.41, 5.74) is 3.62. The molecule has 0 radical (unpaired) electrons. The van der Waals surface area contributed by atoms with E-state index in [0.29, 0.717) is 0 Å². The maximum absolute atomic E-state index is 9.45. The fourth-order valence-electron chi connectivity index (χ4n) is 2.04. The molecule has 0 fully saturated rings. The molecule has 1 unspecified atom stereocenters. The topological polar surface area (TPSA) is 32.3 Å². The third kappa shape index (κ3) is 3.42. The summed E-state index contributed by atoms with van der Waals surface area (Å²) >= 11 is 0. The van der Waals surface area contributed by atoms with Gasteiger partial charge in [0.15, 0.2) is 0 Å². The zero-order valence-corrected chi connectivity index (χ0v) is 10.6. The predicted octanol–water partition coefficient (Wildman–Crippen LogP) is 2.82. The van der Waals surface area contributed by atoms with Gasteiger partial charge in [-0.15, -0.1) is 0 Å². The molecule has 0 amide bonds. The van der Waals surface area contributed by atoms with Gasteiger partial charge in [-0.2, -0.15) is 0 Å². The van der Waals surface area contributed by atoms with Crippen molar-refractivity contribution in [3.63, 3.8) is 0 Å². The van der Waals surface area contributed by atoms with Crippen LogP contribution in [0.25, 0.3) is 0 Å². The van der Waals surface area contributed by atoms with Crippen molar-refractivity contribution in [1.82, 2.24) is 5.32 Å². The molecule has 0 saturated carbocycles. The lowest BCUT2D eigenvalue weighted by Crippen LogP contribution is -2.23. The van der Waals surface area contributed by atoms with Gasteiger partial charge >= 0.3 is 0 Å². The number of benzene rings is 2. The Hall–Kier alpha value is -1.64. The van der Waals surface area contributed by atoms with Crippen molar-refractivity contribution in [1.29, 1.82) is 0 Å². The Morgan fingerprint density at radius 3 is 2.50 bits per heavy atom. The highest BCUT2D eigenvalue weighted by Crippen LogP contribution is 2.13. The Bertz CT molecular complexity index is 481. The molecule has 0 spiro atoms. The molecule has 2 heteroatoms. The molecule has 2 rings (SSSR count). The van der Waals surface area contributed by atoms with Crippen molar-refractivity contribution in [2.75, 3.05) is 6.61 Å². The lowest BCUT2D eigenvalue weighted by molar-refractivity contribution is 0.243. The Morgan fingerprint density at radius 1 is 1.06 bits per heavy atom. The molecule has 0 aliphatic carbocycles. The predicted molar refractivity (Wildman–Crippen MR) is 74.3 cm³/mol. The van der Waals surface area contributed by atoms with Crippen molar-refractivity contribution in [2.24, 2.45) is 0 Å². The van der Waals surface area contributed by atoms with Gasteiger partial charge in [0, 0.05) is 6.54 Å². The van der Waals surface area contributed by atoms with Gasteiger partial charge in [0.2, 0.25) is 0 Å². The van der Waals surface area contributed by atoms with Gasteiger partial charge in [-0.3, -0.25) is 0 Å². The van der Waals surface area contributed by atoms with Crippen LogP contribution in [-0.2, 0) is 6.54 Å². The van der Waals surface area contributed by atoms with E-state index in [9.17, 15) is 5.11 Å². The number of rotatable bonds is 5. The van der Waals surface area contributed by atoms with E-state index in [0.717, 1.165) is 12.1 Å². The second kappa shape index (κ2) is 6.34. The van der Waals surface area contributed by atoms with Crippen LogP contribution in [0.2, 0.25) is 0 Å². The fourth-order valence-corrected chi connectivity index (χ4v) is 2.04. The first kappa shape index (κ1) is 12.8. The van der Waals surface area contributed by atoms with Gasteiger partial charge in [-0.25, -0.2) is 0 Å². The van der Waals surface area contributed by atoms with Crippen LogP contribution in [0, 0.1) is 6.92 Å². The highest BCUT2D eigenvalue weighted by Gasteiger charge is 2.08. The van der Waals surface area contributed by atoms with Crippen molar-refractivity contribution in [2.45, 2.75) is 19.5 Å². The van der Waals surface area contributed by atoms with Gasteiger partial charge < -0.3 is 10.4 Å². The van der Waals surface area contributed by atoms with E-state index in [1.54, 1.807) is 0 Å². The van der Waals surface area contributed by atoms with Crippen LogP contribution in [0.3, 0.4) is 0 Å². The number of aryl methyl sites for hydroxylation is 1. The first-order valence-electron chi connectivity index (χ1n) is 6.24. The minimum absolute atomic E-state index is 0.00767. The third-order valence-corrected chi connectivity index (χ3v) is 3.02. The minimum Gasteiger partial charge on any atom is -0.394 e. The molecular formula is C16H19NO. The molecule has 0 heterocycles. The average Bonchev–Trinajstić information content (AvgIpc) is 2.41. The van der Waals surface area contributed by atoms with E-state index in [-0.39, 0.29) is 12.6 Å². The largest absolute Gasteiger partial charge is 0.394 e. The lowest BCUT2D eigenvalue weighted by atomic mass is 10.1. The normalized spacial score (nSPS) is 12.3. The summed E-state index contributed by atoms with van der Waals surface area (Å²) in [6.45, 7) is 2.96. The molecule has 0 aliphatic rings. The summed E-state index contributed by atoms with van der Waals surface area (Å²) in [5, 5.41) is 12.8. The molecule has 18 heavy (non-hydrogen) atoms. The fraction of sp³-hybridized carbons (Fsp3) is 0.250. The maximum Gasteiger partial charge on any atom is 0.0626 e. The van der Waals surface area contributed by atoms with Gasteiger partial charge in [0.05, 0.1) is 12.6 Å². The first-order valence-corrected chi connectivity index (χ1v) is 6.24. The van der Waals surface area contributed by atoms with Crippen LogP contribution in [0.4, 0.5) is 0 Å². The highest BCUT2D eigenvalue weighted by atomic mass is 16.3. The number of nitrogens with one attached hydrogen (secondary N) is 1. The smallest absolute Gasteiger partial charge is 0.0626 e. The first-order chi connectivity index (χ1) is 8.79. The second-order valence-electron chi connectivity index (χ2n) is 4.52. The molecule has 0 aliphatic heterocycles.